The molecular weight excluding hydrogens is 276 g/mol. The van der Waals surface area contributed by atoms with Crippen LogP contribution in [-0.4, -0.2) is 36.1 Å². The van der Waals surface area contributed by atoms with Crippen molar-refractivity contribution in [3.8, 4) is 0 Å². The Balaban J connectivity index is 3.37. The van der Waals surface area contributed by atoms with Crippen LogP contribution >= 0.6 is 0 Å². The molecule has 1 aromatic rings. The Kier molecular flexibility index (Phi) is 4.28. The molecule has 0 aliphatic carbocycles. The molecule has 0 fully saturated rings. The minimum atomic E-state index is -4.61. The maximum absolute atomic E-state index is 11.6. The molecule has 0 saturated carbocycles. The van der Waals surface area contributed by atoms with Crippen LogP contribution in [0.25, 0.3) is 0 Å². The minimum Gasteiger partial charge on any atom is -0.478 e. The van der Waals surface area contributed by atoms with Crippen LogP contribution < -0.4 is 0 Å². The number of ether oxygens (including phenoxy) is 1. The maximum atomic E-state index is 11.6. The molecule has 0 bridgehead atoms. The Morgan fingerprint density at radius 3 is 2.11 bits per heavy atom. The summed E-state index contributed by atoms with van der Waals surface area (Å²) in [6, 6.07) is 2.58. The Hall–Kier alpha value is -1.93. The van der Waals surface area contributed by atoms with E-state index in [2.05, 4.69) is 0 Å². The first-order valence-electron chi connectivity index (χ1n) is 5.18. The van der Waals surface area contributed by atoms with Crippen LogP contribution in [0.4, 0.5) is 0 Å². The third-order valence-corrected chi connectivity index (χ3v) is 2.86. The van der Waals surface area contributed by atoms with Gasteiger partial charge in [0, 0.05) is 0 Å². The number of hydrogen-bond acceptors (Lipinski definition) is 5. The number of carboxylic acids is 1. The molecule has 8 heteroatoms. The predicted molar refractivity (Wildman–Crippen MR) is 63.8 cm³/mol. The standard InChI is InChI=1S/C11H12O7S/c1-6(2)18-11(14)8-3-7(10(12)13)4-9(5-8)19(15,16)17/h3-6H,1-2H3,(H,12,13)(H,15,16,17). The van der Waals surface area contributed by atoms with E-state index in [-0.39, 0.29) is 5.56 Å². The summed E-state index contributed by atoms with van der Waals surface area (Å²) in [6.07, 6.45) is -0.449. The first-order valence-corrected chi connectivity index (χ1v) is 6.62. The second-order valence-corrected chi connectivity index (χ2v) is 5.40. The summed E-state index contributed by atoms with van der Waals surface area (Å²) in [7, 11) is -4.61. The zero-order chi connectivity index (χ0) is 14.8. The summed E-state index contributed by atoms with van der Waals surface area (Å²) in [5.41, 5.74) is -0.702. The average molecular weight is 288 g/mol. The molecule has 0 aliphatic rings. The van der Waals surface area contributed by atoms with Gasteiger partial charge in [-0.05, 0) is 32.0 Å². The highest BCUT2D eigenvalue weighted by atomic mass is 32.2. The summed E-state index contributed by atoms with van der Waals surface area (Å²) in [5.74, 6) is -2.30. The second-order valence-electron chi connectivity index (χ2n) is 3.98. The lowest BCUT2D eigenvalue weighted by Gasteiger charge is -2.09. The van der Waals surface area contributed by atoms with Crippen LogP contribution in [-0.2, 0) is 14.9 Å². The normalized spacial score (nSPS) is 11.4. The molecule has 0 aliphatic heterocycles. The van der Waals surface area contributed by atoms with E-state index in [1.165, 1.54) is 0 Å². The van der Waals surface area contributed by atoms with Crippen molar-refractivity contribution in [2.75, 3.05) is 0 Å². The molecule has 0 unspecified atom stereocenters. The SMILES string of the molecule is CC(C)OC(=O)c1cc(C(=O)O)cc(S(=O)(=O)O)c1. The summed E-state index contributed by atoms with van der Waals surface area (Å²) in [4.78, 5) is 21.8. The zero-order valence-corrected chi connectivity index (χ0v) is 11.0. The quantitative estimate of drug-likeness (QED) is 0.631. The van der Waals surface area contributed by atoms with E-state index in [4.69, 9.17) is 14.4 Å². The van der Waals surface area contributed by atoms with Gasteiger partial charge in [-0.2, -0.15) is 8.42 Å². The number of aromatic carboxylic acids is 1. The molecule has 1 rings (SSSR count). The lowest BCUT2D eigenvalue weighted by atomic mass is 10.1. The fraction of sp³-hybridized carbons (Fsp3) is 0.273. The van der Waals surface area contributed by atoms with Crippen LogP contribution in [0.2, 0.25) is 0 Å². The molecule has 0 amide bonds. The van der Waals surface area contributed by atoms with Crippen LogP contribution in [0.5, 0.6) is 0 Å². The van der Waals surface area contributed by atoms with E-state index >= 15 is 0 Å². The van der Waals surface area contributed by atoms with Crippen molar-refractivity contribution >= 4 is 22.1 Å². The lowest BCUT2D eigenvalue weighted by Crippen LogP contribution is -2.14. The molecule has 19 heavy (non-hydrogen) atoms. The zero-order valence-electron chi connectivity index (χ0n) is 10.2. The van der Waals surface area contributed by atoms with Crippen LogP contribution in [0, 0.1) is 0 Å². The van der Waals surface area contributed by atoms with Crippen molar-refractivity contribution in [3.05, 3.63) is 29.3 Å². The molecule has 7 nitrogen and oxygen atoms in total. The van der Waals surface area contributed by atoms with E-state index < -0.39 is 38.6 Å². The number of carboxylic acid groups (broad SMARTS) is 1. The Morgan fingerprint density at radius 2 is 1.68 bits per heavy atom. The van der Waals surface area contributed by atoms with Gasteiger partial charge < -0.3 is 9.84 Å². The number of benzene rings is 1. The van der Waals surface area contributed by atoms with E-state index in [0.717, 1.165) is 18.2 Å². The predicted octanol–water partition coefficient (Wildman–Crippen LogP) is 1.20. The number of carbonyl (C=O) groups excluding carboxylic acids is 1. The van der Waals surface area contributed by atoms with Gasteiger partial charge in [0.25, 0.3) is 10.1 Å². The molecule has 0 aromatic heterocycles. The van der Waals surface area contributed by atoms with Gasteiger partial charge in [-0.3, -0.25) is 4.55 Å². The van der Waals surface area contributed by atoms with Crippen LogP contribution in [0.15, 0.2) is 23.1 Å². The first-order chi connectivity index (χ1) is 8.61. The highest BCUT2D eigenvalue weighted by Gasteiger charge is 2.19. The molecular formula is C11H12O7S. The fourth-order valence-electron chi connectivity index (χ4n) is 1.27. The van der Waals surface area contributed by atoms with Gasteiger partial charge in [0.1, 0.15) is 0 Å². The number of carbonyl (C=O) groups is 2. The summed E-state index contributed by atoms with van der Waals surface area (Å²) < 4.78 is 35.8. The monoisotopic (exact) mass is 288 g/mol. The number of hydrogen-bond donors (Lipinski definition) is 2. The van der Waals surface area contributed by atoms with Crippen molar-refractivity contribution in [2.45, 2.75) is 24.8 Å². The van der Waals surface area contributed by atoms with Crippen molar-refractivity contribution in [1.82, 2.24) is 0 Å². The van der Waals surface area contributed by atoms with E-state index in [1.807, 2.05) is 0 Å². The smallest absolute Gasteiger partial charge is 0.338 e. The third-order valence-electron chi connectivity index (χ3n) is 2.03. The van der Waals surface area contributed by atoms with Crippen molar-refractivity contribution in [1.29, 1.82) is 0 Å². The highest BCUT2D eigenvalue weighted by Crippen LogP contribution is 2.16. The van der Waals surface area contributed by atoms with Gasteiger partial charge in [0.15, 0.2) is 0 Å². The van der Waals surface area contributed by atoms with Gasteiger partial charge in [-0.15, -0.1) is 0 Å². The summed E-state index contributed by atoms with van der Waals surface area (Å²) in [5, 5.41) is 8.83. The molecule has 1 aromatic carbocycles. The molecule has 0 heterocycles. The maximum Gasteiger partial charge on any atom is 0.338 e. The fourth-order valence-corrected chi connectivity index (χ4v) is 1.82. The van der Waals surface area contributed by atoms with E-state index in [9.17, 15) is 18.0 Å². The lowest BCUT2D eigenvalue weighted by molar-refractivity contribution is 0.0377. The Labute approximate surface area is 109 Å². The van der Waals surface area contributed by atoms with Gasteiger partial charge in [-0.1, -0.05) is 0 Å². The van der Waals surface area contributed by atoms with Gasteiger partial charge in [-0.25, -0.2) is 9.59 Å². The first kappa shape index (κ1) is 15.1. The van der Waals surface area contributed by atoms with Crippen LogP contribution in [0.1, 0.15) is 34.6 Å². The van der Waals surface area contributed by atoms with Crippen LogP contribution in [0.3, 0.4) is 0 Å². The van der Waals surface area contributed by atoms with Gasteiger partial charge in [0.05, 0.1) is 22.1 Å². The Bertz CT molecular complexity index is 616. The number of rotatable bonds is 4. The second kappa shape index (κ2) is 5.37. The van der Waals surface area contributed by atoms with Crippen molar-refractivity contribution in [2.24, 2.45) is 0 Å². The van der Waals surface area contributed by atoms with Gasteiger partial charge in [0.2, 0.25) is 0 Å². The van der Waals surface area contributed by atoms with E-state index in [0.29, 0.717) is 0 Å². The van der Waals surface area contributed by atoms with E-state index in [1.54, 1.807) is 13.8 Å². The minimum absolute atomic E-state index is 0.263. The molecule has 0 saturated heterocycles. The number of esters is 1. The largest absolute Gasteiger partial charge is 0.478 e. The summed E-state index contributed by atoms with van der Waals surface area (Å²) >= 11 is 0. The average Bonchev–Trinajstić information content (AvgIpc) is 2.26. The summed E-state index contributed by atoms with van der Waals surface area (Å²) in [6.45, 7) is 3.17. The Morgan fingerprint density at radius 1 is 1.16 bits per heavy atom. The topological polar surface area (TPSA) is 118 Å². The molecule has 0 radical (unpaired) electrons. The molecule has 104 valence electrons. The van der Waals surface area contributed by atoms with Gasteiger partial charge >= 0.3 is 11.9 Å². The third kappa shape index (κ3) is 4.04. The molecule has 0 spiro atoms. The molecule has 0 atom stereocenters. The highest BCUT2D eigenvalue weighted by molar-refractivity contribution is 7.85. The van der Waals surface area contributed by atoms with Crippen molar-refractivity contribution < 1.29 is 32.4 Å². The molecule has 2 N–H and O–H groups in total. The van der Waals surface area contributed by atoms with Crippen molar-refractivity contribution in [3.63, 3.8) is 0 Å².